The number of nitrogens with two attached hydrogens (primary N) is 1. The van der Waals surface area contributed by atoms with Gasteiger partial charge in [-0.25, -0.2) is 0 Å². The summed E-state index contributed by atoms with van der Waals surface area (Å²) < 4.78 is 13.8. The summed E-state index contributed by atoms with van der Waals surface area (Å²) in [7, 11) is 0. The van der Waals surface area contributed by atoms with Crippen LogP contribution in [0.2, 0.25) is 5.02 Å². The van der Waals surface area contributed by atoms with Crippen LogP contribution in [0, 0.1) is 0 Å². The lowest BCUT2D eigenvalue weighted by Crippen LogP contribution is -2.44. The van der Waals surface area contributed by atoms with E-state index >= 15 is 0 Å². The second-order valence-electron chi connectivity index (χ2n) is 7.23. The van der Waals surface area contributed by atoms with E-state index in [-0.39, 0.29) is 23.7 Å². The molecular formula is C22H29ClFN5O. The number of hydrogen-bond acceptors (Lipinski definition) is 4. The van der Waals surface area contributed by atoms with Gasteiger partial charge in [-0.05, 0) is 57.7 Å². The first-order valence-electron chi connectivity index (χ1n) is 10.0. The molecule has 1 amide bonds. The van der Waals surface area contributed by atoms with Crippen LogP contribution in [0.5, 0.6) is 0 Å². The molecule has 162 valence electrons. The van der Waals surface area contributed by atoms with E-state index in [2.05, 4.69) is 27.4 Å². The van der Waals surface area contributed by atoms with Crippen LogP contribution >= 0.6 is 11.6 Å². The minimum absolute atomic E-state index is 0.110. The molecule has 2 rings (SSSR count). The van der Waals surface area contributed by atoms with Crippen molar-refractivity contribution in [1.29, 1.82) is 0 Å². The number of halogens is 2. The molecule has 4 N–H and O–H groups in total. The molecule has 0 heterocycles. The molecule has 1 saturated carbocycles. The van der Waals surface area contributed by atoms with Gasteiger partial charge in [0.25, 0.3) is 0 Å². The molecule has 1 aliphatic rings. The lowest BCUT2D eigenvalue weighted by atomic mass is 9.90. The molecule has 1 fully saturated rings. The van der Waals surface area contributed by atoms with Gasteiger partial charge in [0.2, 0.25) is 5.91 Å². The molecule has 0 unspecified atom stereocenters. The van der Waals surface area contributed by atoms with Crippen molar-refractivity contribution >= 4 is 29.1 Å². The number of nitrogens with one attached hydrogen (secondary N) is 2. The first-order chi connectivity index (χ1) is 14.4. The van der Waals surface area contributed by atoms with Crippen LogP contribution in [0.15, 0.2) is 58.4 Å². The van der Waals surface area contributed by atoms with Crippen LogP contribution in [-0.4, -0.2) is 36.1 Å². The highest BCUT2D eigenvalue weighted by molar-refractivity contribution is 6.32. The Bertz CT molecular complexity index is 836. The molecule has 0 atom stereocenters. The van der Waals surface area contributed by atoms with Crippen molar-refractivity contribution in [3.8, 4) is 0 Å². The monoisotopic (exact) mass is 433 g/mol. The van der Waals surface area contributed by atoms with Crippen LogP contribution in [-0.2, 0) is 4.79 Å². The van der Waals surface area contributed by atoms with Crippen LogP contribution in [0.4, 0.5) is 4.48 Å². The Morgan fingerprint density at radius 2 is 1.80 bits per heavy atom. The Morgan fingerprint density at radius 1 is 1.23 bits per heavy atom. The normalized spacial score (nSPS) is 20.9. The smallest absolute Gasteiger partial charge is 0.243 e. The number of allylic oxidation sites excluding steroid dienone is 1. The lowest BCUT2D eigenvalue weighted by Gasteiger charge is -2.31. The molecule has 1 aliphatic carbocycles. The Hall–Kier alpha value is -2.67. The van der Waals surface area contributed by atoms with Gasteiger partial charge < -0.3 is 16.4 Å². The fourth-order valence-electron chi connectivity index (χ4n) is 3.52. The zero-order chi connectivity index (χ0) is 22.1. The summed E-state index contributed by atoms with van der Waals surface area (Å²) >= 11 is 5.96. The van der Waals surface area contributed by atoms with Crippen LogP contribution in [0.1, 0.15) is 45.1 Å². The standard InChI is InChI=1S/C22H29ClFN5O/c1-4-19(30)27-17-10-12-18(13-11-17)28-22(26-5-2)20(14(3)25)21(29-24)15-6-8-16(23)9-7-15/h4,6-9,17-18H,1,5,10-13,25H2,2-3H3,(H,26,28)(H,27,30)/b20-14+,29-21+. The molecule has 0 bridgehead atoms. The van der Waals surface area contributed by atoms with Crippen LogP contribution in [0.3, 0.4) is 0 Å². The van der Waals surface area contributed by atoms with Crippen molar-refractivity contribution in [2.75, 3.05) is 6.54 Å². The van der Waals surface area contributed by atoms with Crippen molar-refractivity contribution < 1.29 is 9.28 Å². The molecule has 1 aromatic rings. The average molecular weight is 434 g/mol. The van der Waals surface area contributed by atoms with Gasteiger partial charge >= 0.3 is 0 Å². The Kier molecular flexibility index (Phi) is 9.05. The highest BCUT2D eigenvalue weighted by Crippen LogP contribution is 2.21. The Labute approximate surface area is 182 Å². The number of carbonyl (C=O) groups is 1. The average Bonchev–Trinajstić information content (AvgIpc) is 2.73. The molecule has 8 heteroatoms. The van der Waals surface area contributed by atoms with Gasteiger partial charge in [0.05, 0.1) is 5.57 Å². The number of rotatable bonds is 7. The van der Waals surface area contributed by atoms with Crippen LogP contribution < -0.4 is 16.4 Å². The van der Waals surface area contributed by atoms with Gasteiger partial charge in [-0.2, -0.15) is 0 Å². The van der Waals surface area contributed by atoms with Crippen LogP contribution in [0.25, 0.3) is 0 Å². The maximum absolute atomic E-state index is 13.8. The van der Waals surface area contributed by atoms with Gasteiger partial charge in [0.15, 0.2) is 0 Å². The summed E-state index contributed by atoms with van der Waals surface area (Å²) in [5.74, 6) is 0.359. The molecule has 0 aliphatic heterocycles. The molecule has 0 radical (unpaired) electrons. The number of amides is 1. The van der Waals surface area contributed by atoms with E-state index < -0.39 is 0 Å². The summed E-state index contributed by atoms with van der Waals surface area (Å²) in [6, 6.07) is 7.00. The summed E-state index contributed by atoms with van der Waals surface area (Å²) in [5, 5.41) is 9.93. The van der Waals surface area contributed by atoms with E-state index in [1.165, 1.54) is 6.08 Å². The topological polar surface area (TPSA) is 91.9 Å². The second-order valence-corrected chi connectivity index (χ2v) is 7.66. The number of hydrogen-bond donors (Lipinski definition) is 3. The Morgan fingerprint density at radius 3 is 2.27 bits per heavy atom. The fraction of sp³-hybridized carbons (Fsp3) is 0.409. The van der Waals surface area contributed by atoms with Gasteiger partial charge in [0, 0.05) is 34.9 Å². The molecule has 0 spiro atoms. The van der Waals surface area contributed by atoms with Crippen molar-refractivity contribution in [1.82, 2.24) is 10.6 Å². The highest BCUT2D eigenvalue weighted by atomic mass is 35.5. The summed E-state index contributed by atoms with van der Waals surface area (Å²) in [6.45, 7) is 7.59. The number of benzene rings is 1. The third kappa shape index (κ3) is 6.42. The van der Waals surface area contributed by atoms with Gasteiger partial charge in [-0.15, -0.1) is 0 Å². The van der Waals surface area contributed by atoms with E-state index in [1.807, 2.05) is 6.92 Å². The fourth-order valence-corrected chi connectivity index (χ4v) is 3.65. The van der Waals surface area contributed by atoms with E-state index in [4.69, 9.17) is 17.3 Å². The zero-order valence-corrected chi connectivity index (χ0v) is 18.2. The predicted molar refractivity (Wildman–Crippen MR) is 121 cm³/mol. The SMILES string of the molecule is C=CC(=O)NC1CCC(NC(=NCC)C(/C(=N/F)c2ccc(Cl)cc2)=C(\C)N)CC1. The largest absolute Gasteiger partial charge is 0.402 e. The van der Waals surface area contributed by atoms with E-state index in [9.17, 15) is 9.28 Å². The van der Waals surface area contributed by atoms with E-state index in [1.54, 1.807) is 31.2 Å². The second kappa shape index (κ2) is 11.5. The first kappa shape index (κ1) is 23.6. The third-order valence-corrected chi connectivity index (χ3v) is 5.24. The summed E-state index contributed by atoms with van der Waals surface area (Å²) in [4.78, 5) is 16.1. The molecule has 1 aromatic carbocycles. The maximum Gasteiger partial charge on any atom is 0.243 e. The van der Waals surface area contributed by atoms with Crippen molar-refractivity contribution in [2.45, 2.75) is 51.6 Å². The number of amidine groups is 1. The lowest BCUT2D eigenvalue weighted by molar-refractivity contribution is -0.117. The predicted octanol–water partition coefficient (Wildman–Crippen LogP) is 3.87. The molecule has 6 nitrogen and oxygen atoms in total. The molecule has 0 saturated heterocycles. The maximum atomic E-state index is 13.8. The number of aliphatic imine (C=N–C) groups is 1. The van der Waals surface area contributed by atoms with Gasteiger partial charge in [-0.3, -0.25) is 9.79 Å². The molecular weight excluding hydrogens is 405 g/mol. The van der Waals surface area contributed by atoms with Gasteiger partial charge in [-0.1, -0.05) is 40.0 Å². The minimum atomic E-state index is -0.157. The van der Waals surface area contributed by atoms with Crippen molar-refractivity contribution in [3.63, 3.8) is 0 Å². The van der Waals surface area contributed by atoms with Crippen molar-refractivity contribution in [2.24, 2.45) is 15.9 Å². The minimum Gasteiger partial charge on any atom is -0.402 e. The first-order valence-corrected chi connectivity index (χ1v) is 10.4. The third-order valence-electron chi connectivity index (χ3n) is 4.99. The summed E-state index contributed by atoms with van der Waals surface area (Å²) in [6.07, 6.45) is 4.62. The van der Waals surface area contributed by atoms with Crippen molar-refractivity contribution in [3.05, 3.63) is 58.8 Å². The number of nitrogens with zero attached hydrogens (tertiary/aromatic N) is 2. The summed E-state index contributed by atoms with van der Waals surface area (Å²) in [5.41, 5.74) is 7.65. The highest BCUT2D eigenvalue weighted by Gasteiger charge is 2.26. The Balaban J connectivity index is 2.20. The van der Waals surface area contributed by atoms with E-state index in [0.29, 0.717) is 34.2 Å². The van der Waals surface area contributed by atoms with Gasteiger partial charge in [0.1, 0.15) is 11.5 Å². The molecule has 30 heavy (non-hydrogen) atoms. The van der Waals surface area contributed by atoms with E-state index in [0.717, 1.165) is 25.7 Å². The molecule has 0 aromatic heterocycles. The zero-order valence-electron chi connectivity index (χ0n) is 17.4. The number of carbonyl (C=O) groups excluding carboxylic acids is 1. The quantitative estimate of drug-likeness (QED) is 0.346.